The van der Waals surface area contributed by atoms with Crippen LogP contribution in [0.15, 0.2) is 36.4 Å². The van der Waals surface area contributed by atoms with Crippen LogP contribution in [0.3, 0.4) is 0 Å². The van der Waals surface area contributed by atoms with E-state index in [4.69, 9.17) is 9.47 Å². The Kier molecular flexibility index (Phi) is 3.38. The van der Waals surface area contributed by atoms with Gasteiger partial charge in [-0.15, -0.1) is 0 Å². The first-order valence-electron chi connectivity index (χ1n) is 8.69. The molecule has 0 fully saturated rings. The van der Waals surface area contributed by atoms with Crippen molar-refractivity contribution in [2.24, 2.45) is 0 Å². The largest absolute Gasteiger partial charge is 0.454 e. The van der Waals surface area contributed by atoms with Crippen molar-refractivity contribution in [3.8, 4) is 11.5 Å². The van der Waals surface area contributed by atoms with Gasteiger partial charge in [-0.2, -0.15) is 0 Å². The lowest BCUT2D eigenvalue weighted by molar-refractivity contribution is 0.0931. The Bertz CT molecular complexity index is 1030. The van der Waals surface area contributed by atoms with Gasteiger partial charge in [0, 0.05) is 22.2 Å². The van der Waals surface area contributed by atoms with Gasteiger partial charge in [0.15, 0.2) is 11.5 Å². The topological polar surface area (TPSA) is 63.4 Å². The molecule has 2 heterocycles. The number of halogens is 1. The van der Waals surface area contributed by atoms with Gasteiger partial charge in [0.2, 0.25) is 6.79 Å². The molecule has 2 N–H and O–H groups in total. The van der Waals surface area contributed by atoms with E-state index >= 15 is 0 Å². The highest BCUT2D eigenvalue weighted by Crippen LogP contribution is 2.36. The molecule has 0 saturated carbocycles. The smallest absolute Gasteiger partial charge is 0.251 e. The summed E-state index contributed by atoms with van der Waals surface area (Å²) in [4.78, 5) is 16.1. The lowest BCUT2D eigenvalue weighted by atomic mass is 9.91. The summed E-state index contributed by atoms with van der Waals surface area (Å²) in [5, 5.41) is 4.00. The van der Waals surface area contributed by atoms with Crippen LogP contribution in [0, 0.1) is 5.82 Å². The first-order chi connectivity index (χ1) is 12.7. The van der Waals surface area contributed by atoms with Gasteiger partial charge in [-0.3, -0.25) is 4.79 Å². The van der Waals surface area contributed by atoms with Crippen LogP contribution < -0.4 is 14.8 Å². The Balaban J connectivity index is 1.45. The average Bonchev–Trinajstić information content (AvgIpc) is 3.25. The molecular weight excluding hydrogens is 335 g/mol. The number of carbonyl (C=O) groups excluding carboxylic acids is 1. The molecule has 3 aromatic rings. The normalized spacial score (nSPS) is 18.0. The van der Waals surface area contributed by atoms with E-state index < -0.39 is 0 Å². The molecule has 0 saturated heterocycles. The third kappa shape index (κ3) is 2.41. The van der Waals surface area contributed by atoms with Gasteiger partial charge in [0.25, 0.3) is 5.91 Å². The minimum atomic E-state index is -0.245. The lowest BCUT2D eigenvalue weighted by Crippen LogP contribution is -2.31. The molecule has 0 spiro atoms. The highest BCUT2D eigenvalue weighted by Gasteiger charge is 2.26. The van der Waals surface area contributed by atoms with Gasteiger partial charge in [-0.25, -0.2) is 4.39 Å². The summed E-state index contributed by atoms with van der Waals surface area (Å²) in [6.07, 6.45) is 2.68. The summed E-state index contributed by atoms with van der Waals surface area (Å²) >= 11 is 0. The Morgan fingerprint density at radius 3 is 2.96 bits per heavy atom. The van der Waals surface area contributed by atoms with Gasteiger partial charge < -0.3 is 19.8 Å². The first-order valence-corrected chi connectivity index (χ1v) is 8.69. The quantitative estimate of drug-likeness (QED) is 0.736. The number of nitrogens with one attached hydrogen (secondary N) is 2. The number of ether oxygens (including phenoxy) is 2. The van der Waals surface area contributed by atoms with Gasteiger partial charge >= 0.3 is 0 Å². The van der Waals surface area contributed by atoms with Crippen LogP contribution in [0.4, 0.5) is 4.39 Å². The van der Waals surface area contributed by atoms with Crippen LogP contribution in [0.1, 0.15) is 40.5 Å². The third-order valence-electron chi connectivity index (χ3n) is 5.11. The van der Waals surface area contributed by atoms with Crippen molar-refractivity contribution in [3.63, 3.8) is 0 Å². The molecule has 1 aromatic heterocycles. The van der Waals surface area contributed by atoms with Gasteiger partial charge in [-0.1, -0.05) is 0 Å². The zero-order chi connectivity index (χ0) is 17.7. The summed E-state index contributed by atoms with van der Waals surface area (Å²) < 4.78 is 24.2. The average molecular weight is 352 g/mol. The SMILES string of the molecule is O=C(NC1CCCc2c1[nH]c1ccc(F)cc21)c1ccc2c(c1)OCO2. The van der Waals surface area contributed by atoms with Crippen LogP contribution in [0.2, 0.25) is 0 Å². The van der Waals surface area contributed by atoms with Crippen LogP contribution in [-0.2, 0) is 6.42 Å². The van der Waals surface area contributed by atoms with Crippen molar-refractivity contribution < 1.29 is 18.7 Å². The first kappa shape index (κ1) is 15.3. The third-order valence-corrected chi connectivity index (χ3v) is 5.11. The summed E-state index contributed by atoms with van der Waals surface area (Å²) in [5.41, 5.74) is 3.51. The molecule has 6 heteroatoms. The van der Waals surface area contributed by atoms with Crippen molar-refractivity contribution in [1.82, 2.24) is 10.3 Å². The number of amides is 1. The molecule has 1 atom stereocenters. The van der Waals surface area contributed by atoms with Crippen LogP contribution in [0.5, 0.6) is 11.5 Å². The molecule has 5 rings (SSSR count). The van der Waals surface area contributed by atoms with E-state index in [-0.39, 0.29) is 24.6 Å². The lowest BCUT2D eigenvalue weighted by Gasteiger charge is -2.24. The Morgan fingerprint density at radius 1 is 1.15 bits per heavy atom. The van der Waals surface area contributed by atoms with Crippen molar-refractivity contribution in [2.45, 2.75) is 25.3 Å². The highest BCUT2D eigenvalue weighted by molar-refractivity contribution is 5.95. The molecule has 26 heavy (non-hydrogen) atoms. The number of aromatic amines is 1. The number of carbonyl (C=O) groups is 1. The molecule has 1 aliphatic heterocycles. The van der Waals surface area contributed by atoms with Gasteiger partial charge in [0.1, 0.15) is 5.82 Å². The number of aryl methyl sites for hydroxylation is 1. The molecule has 0 bridgehead atoms. The standard InChI is InChI=1S/C20H17FN2O3/c21-12-5-6-15-14(9-12)13-2-1-3-16(19(13)22-15)23-20(24)11-4-7-17-18(8-11)26-10-25-17/h4-9,16,22H,1-3,10H2,(H,23,24). The van der Waals surface area contributed by atoms with Crippen molar-refractivity contribution in [1.29, 1.82) is 0 Å². The second kappa shape index (κ2) is 5.76. The van der Waals surface area contributed by atoms with E-state index in [0.717, 1.165) is 41.4 Å². The second-order valence-electron chi connectivity index (χ2n) is 6.69. The maximum Gasteiger partial charge on any atom is 0.251 e. The number of H-pyrrole nitrogens is 1. The van der Waals surface area contributed by atoms with Crippen LogP contribution >= 0.6 is 0 Å². The van der Waals surface area contributed by atoms with Crippen LogP contribution in [0.25, 0.3) is 10.9 Å². The number of aromatic nitrogens is 1. The molecule has 1 unspecified atom stereocenters. The Morgan fingerprint density at radius 2 is 2.04 bits per heavy atom. The minimum Gasteiger partial charge on any atom is -0.454 e. The molecular formula is C20H17FN2O3. The number of fused-ring (bicyclic) bond motifs is 4. The molecule has 0 radical (unpaired) electrons. The van der Waals surface area contributed by atoms with Crippen molar-refractivity contribution in [2.75, 3.05) is 6.79 Å². The highest BCUT2D eigenvalue weighted by atomic mass is 19.1. The van der Waals surface area contributed by atoms with Crippen molar-refractivity contribution >= 4 is 16.8 Å². The summed E-state index contributed by atoms with van der Waals surface area (Å²) in [6, 6.07) is 9.81. The molecule has 2 aromatic carbocycles. The van der Waals surface area contributed by atoms with Gasteiger partial charge in [0.05, 0.1) is 6.04 Å². The Hall–Kier alpha value is -3.02. The van der Waals surface area contributed by atoms with E-state index in [2.05, 4.69) is 10.3 Å². The van der Waals surface area contributed by atoms with E-state index in [0.29, 0.717) is 17.1 Å². The molecule has 1 amide bonds. The van der Waals surface area contributed by atoms with E-state index in [1.54, 1.807) is 30.3 Å². The Labute approximate surface area is 149 Å². The predicted octanol–water partition coefficient (Wildman–Crippen LogP) is 3.84. The number of benzene rings is 2. The number of hydrogen-bond acceptors (Lipinski definition) is 3. The fourth-order valence-corrected chi connectivity index (χ4v) is 3.86. The maximum absolute atomic E-state index is 13.6. The van der Waals surface area contributed by atoms with E-state index in [1.807, 2.05) is 0 Å². The minimum absolute atomic E-state index is 0.118. The zero-order valence-corrected chi connectivity index (χ0v) is 14.0. The maximum atomic E-state index is 13.6. The summed E-state index contributed by atoms with van der Waals surface area (Å²) in [6.45, 7) is 0.179. The number of hydrogen-bond donors (Lipinski definition) is 2. The summed E-state index contributed by atoms with van der Waals surface area (Å²) in [7, 11) is 0. The second-order valence-corrected chi connectivity index (χ2v) is 6.69. The molecule has 132 valence electrons. The molecule has 1 aliphatic carbocycles. The predicted molar refractivity (Wildman–Crippen MR) is 94.0 cm³/mol. The van der Waals surface area contributed by atoms with Crippen molar-refractivity contribution in [3.05, 3.63) is 59.0 Å². The fourth-order valence-electron chi connectivity index (χ4n) is 3.86. The number of rotatable bonds is 2. The molecule has 5 nitrogen and oxygen atoms in total. The fraction of sp³-hybridized carbons (Fsp3) is 0.250. The van der Waals surface area contributed by atoms with E-state index in [1.165, 1.54) is 6.07 Å². The summed E-state index contributed by atoms with van der Waals surface area (Å²) in [5.74, 6) is 0.832. The monoisotopic (exact) mass is 352 g/mol. The molecule has 2 aliphatic rings. The zero-order valence-electron chi connectivity index (χ0n) is 14.0. The van der Waals surface area contributed by atoms with Gasteiger partial charge in [-0.05, 0) is 61.2 Å². The van der Waals surface area contributed by atoms with Crippen LogP contribution in [-0.4, -0.2) is 17.7 Å². The van der Waals surface area contributed by atoms with E-state index in [9.17, 15) is 9.18 Å².